The highest BCUT2D eigenvalue weighted by Gasteiger charge is 2.32. The van der Waals surface area contributed by atoms with Gasteiger partial charge in [0.15, 0.2) is 0 Å². The molecule has 1 unspecified atom stereocenters. The third-order valence-electron chi connectivity index (χ3n) is 6.81. The number of piperidine rings is 1. The molecule has 0 bridgehead atoms. The van der Waals surface area contributed by atoms with Gasteiger partial charge in [-0.25, -0.2) is 9.78 Å². The number of anilines is 4. The molecule has 1 saturated heterocycles. The molecular formula is C27H27N5O4. The minimum atomic E-state index is -1.09. The number of carboxylic acids is 1. The molecule has 9 nitrogen and oxygen atoms in total. The van der Waals surface area contributed by atoms with Crippen molar-refractivity contribution in [2.75, 3.05) is 22.1 Å². The molecule has 0 aliphatic carbocycles. The molecule has 0 saturated carbocycles. The number of nitrogens with zero attached hydrogens (tertiary/aromatic N) is 3. The Labute approximate surface area is 207 Å². The van der Waals surface area contributed by atoms with Gasteiger partial charge in [-0.2, -0.15) is 0 Å². The van der Waals surface area contributed by atoms with E-state index in [9.17, 15) is 19.5 Å². The lowest BCUT2D eigenvalue weighted by Crippen LogP contribution is -2.49. The first-order valence-electron chi connectivity index (χ1n) is 12.1. The van der Waals surface area contributed by atoms with Crippen LogP contribution in [0.2, 0.25) is 0 Å². The second-order valence-electron chi connectivity index (χ2n) is 9.24. The van der Waals surface area contributed by atoms with Crippen LogP contribution in [0.25, 0.3) is 10.8 Å². The minimum Gasteiger partial charge on any atom is -0.480 e. The Bertz CT molecular complexity index is 1470. The van der Waals surface area contributed by atoms with Crippen LogP contribution in [0.4, 0.5) is 22.9 Å². The number of aliphatic carboxylic acids is 1. The van der Waals surface area contributed by atoms with Gasteiger partial charge in [-0.3, -0.25) is 14.6 Å². The summed E-state index contributed by atoms with van der Waals surface area (Å²) in [5, 5.41) is 17.9. The summed E-state index contributed by atoms with van der Waals surface area (Å²) in [6, 6.07) is 10.3. The van der Waals surface area contributed by atoms with Crippen LogP contribution in [-0.2, 0) is 11.2 Å². The number of carboxylic acid groups (broad SMARTS) is 1. The standard InChI is InChI=1S/C27H27N5O4/c1-16-4-2-3-13-32(16)23-22(24(33)25(23)34)31-21(27(35)36)14-17-5-7-19(8-6-17)30-26-20-10-11-28-15-18(20)9-12-29-26/h5-12,15-16,21,31H,2-4,13-14H2,1H3,(H,29,30)(H,35,36)/t16-,21?/m0/s1. The molecule has 36 heavy (non-hydrogen) atoms. The highest BCUT2D eigenvalue weighted by molar-refractivity contribution is 5.92. The predicted molar refractivity (Wildman–Crippen MR) is 140 cm³/mol. The molecule has 1 aliphatic heterocycles. The smallest absolute Gasteiger partial charge is 0.326 e. The van der Waals surface area contributed by atoms with Gasteiger partial charge < -0.3 is 20.6 Å². The van der Waals surface area contributed by atoms with Crippen LogP contribution in [0, 0.1) is 0 Å². The number of pyridine rings is 2. The van der Waals surface area contributed by atoms with E-state index in [1.807, 2.05) is 48.2 Å². The molecule has 9 heteroatoms. The number of carbonyl (C=O) groups is 1. The van der Waals surface area contributed by atoms with Crippen molar-refractivity contribution in [3.8, 4) is 0 Å². The topological polar surface area (TPSA) is 125 Å². The van der Waals surface area contributed by atoms with Crippen LogP contribution >= 0.6 is 0 Å². The molecule has 0 radical (unpaired) electrons. The maximum Gasteiger partial charge on any atom is 0.326 e. The average molecular weight is 486 g/mol. The molecular weight excluding hydrogens is 458 g/mol. The summed E-state index contributed by atoms with van der Waals surface area (Å²) >= 11 is 0. The normalized spacial score (nSPS) is 16.7. The summed E-state index contributed by atoms with van der Waals surface area (Å²) < 4.78 is 0. The van der Waals surface area contributed by atoms with E-state index in [1.165, 1.54) is 0 Å². The number of rotatable bonds is 8. The first-order chi connectivity index (χ1) is 17.4. The van der Waals surface area contributed by atoms with Crippen LogP contribution in [-0.4, -0.2) is 39.7 Å². The first-order valence-corrected chi connectivity index (χ1v) is 12.1. The van der Waals surface area contributed by atoms with Crippen LogP contribution in [0.5, 0.6) is 0 Å². The van der Waals surface area contributed by atoms with Crippen molar-refractivity contribution < 1.29 is 9.90 Å². The molecule has 2 aromatic heterocycles. The zero-order valence-corrected chi connectivity index (χ0v) is 19.9. The Balaban J connectivity index is 1.31. The average Bonchev–Trinajstić information content (AvgIpc) is 2.89. The summed E-state index contributed by atoms with van der Waals surface area (Å²) in [4.78, 5) is 47.2. The monoisotopic (exact) mass is 485 g/mol. The second-order valence-corrected chi connectivity index (χ2v) is 9.24. The summed E-state index contributed by atoms with van der Waals surface area (Å²) in [5.41, 5.74) is 0.850. The summed E-state index contributed by atoms with van der Waals surface area (Å²) in [6.45, 7) is 2.71. The third-order valence-corrected chi connectivity index (χ3v) is 6.81. The molecule has 4 aromatic rings. The number of benzene rings is 1. The quantitative estimate of drug-likeness (QED) is 0.322. The van der Waals surface area contributed by atoms with E-state index >= 15 is 0 Å². The van der Waals surface area contributed by atoms with Crippen molar-refractivity contribution in [3.05, 3.63) is 81.0 Å². The lowest BCUT2D eigenvalue weighted by Gasteiger charge is -2.37. The second kappa shape index (κ2) is 9.77. The van der Waals surface area contributed by atoms with Crippen molar-refractivity contribution in [1.29, 1.82) is 0 Å². The van der Waals surface area contributed by atoms with Crippen LogP contribution in [0.15, 0.2) is 64.6 Å². The molecule has 1 aliphatic rings. The Kier molecular flexibility index (Phi) is 6.37. The van der Waals surface area contributed by atoms with Gasteiger partial charge in [-0.15, -0.1) is 0 Å². The lowest BCUT2D eigenvalue weighted by atomic mass is 9.99. The van der Waals surface area contributed by atoms with Gasteiger partial charge in [0.05, 0.1) is 0 Å². The fourth-order valence-corrected chi connectivity index (χ4v) is 4.81. The molecule has 184 valence electrons. The zero-order chi connectivity index (χ0) is 25.2. The van der Waals surface area contributed by atoms with E-state index in [0.717, 1.165) is 41.3 Å². The maximum absolute atomic E-state index is 12.3. The van der Waals surface area contributed by atoms with Gasteiger partial charge in [0.25, 0.3) is 10.9 Å². The molecule has 0 spiro atoms. The minimum absolute atomic E-state index is 0.121. The van der Waals surface area contributed by atoms with Gasteiger partial charge in [-0.05, 0) is 56.0 Å². The van der Waals surface area contributed by atoms with Crippen molar-refractivity contribution in [1.82, 2.24) is 9.97 Å². The molecule has 3 N–H and O–H groups in total. The largest absolute Gasteiger partial charge is 0.480 e. The Hall–Kier alpha value is -4.27. The number of aromatic nitrogens is 2. The highest BCUT2D eigenvalue weighted by atomic mass is 16.4. The van der Waals surface area contributed by atoms with Gasteiger partial charge in [0.1, 0.15) is 23.2 Å². The molecule has 3 heterocycles. The summed E-state index contributed by atoms with van der Waals surface area (Å²) in [7, 11) is 0. The molecule has 0 amide bonds. The van der Waals surface area contributed by atoms with E-state index in [2.05, 4.69) is 20.6 Å². The zero-order valence-electron chi connectivity index (χ0n) is 19.9. The lowest BCUT2D eigenvalue weighted by molar-refractivity contribution is -0.137. The SMILES string of the molecule is C[C@H]1CCCCN1c1c(NC(Cc2ccc(Nc3nccc4cnccc34)cc2)C(=O)O)c(=O)c1=O. The van der Waals surface area contributed by atoms with Crippen LogP contribution in [0.3, 0.4) is 0 Å². The summed E-state index contributed by atoms with van der Waals surface area (Å²) in [6.07, 6.45) is 8.31. The van der Waals surface area contributed by atoms with Crippen molar-refractivity contribution >= 4 is 39.6 Å². The Morgan fingerprint density at radius 2 is 1.92 bits per heavy atom. The van der Waals surface area contributed by atoms with Crippen molar-refractivity contribution in [2.45, 2.75) is 44.7 Å². The molecule has 1 fully saturated rings. The first kappa shape index (κ1) is 23.5. The molecule has 5 rings (SSSR count). The van der Waals surface area contributed by atoms with E-state index in [-0.39, 0.29) is 18.2 Å². The fourth-order valence-electron chi connectivity index (χ4n) is 4.81. The van der Waals surface area contributed by atoms with E-state index in [0.29, 0.717) is 18.1 Å². The van der Waals surface area contributed by atoms with E-state index < -0.39 is 22.9 Å². The molecule has 2 aromatic carbocycles. The summed E-state index contributed by atoms with van der Waals surface area (Å²) in [5.74, 6) is -0.385. The fraction of sp³-hybridized carbons (Fsp3) is 0.296. The Morgan fingerprint density at radius 1 is 1.11 bits per heavy atom. The number of hydrogen-bond acceptors (Lipinski definition) is 8. The van der Waals surface area contributed by atoms with E-state index in [1.54, 1.807) is 18.6 Å². The van der Waals surface area contributed by atoms with E-state index in [4.69, 9.17) is 0 Å². The van der Waals surface area contributed by atoms with Gasteiger partial charge in [-0.1, -0.05) is 12.1 Å². The van der Waals surface area contributed by atoms with Gasteiger partial charge >= 0.3 is 5.97 Å². The third kappa shape index (κ3) is 4.51. The maximum atomic E-state index is 12.3. The predicted octanol–water partition coefficient (Wildman–Crippen LogP) is 3.46. The Morgan fingerprint density at radius 3 is 2.67 bits per heavy atom. The van der Waals surface area contributed by atoms with Crippen molar-refractivity contribution in [3.63, 3.8) is 0 Å². The number of nitrogens with one attached hydrogen (secondary N) is 2. The van der Waals surface area contributed by atoms with Gasteiger partial charge in [0, 0.05) is 54.1 Å². The van der Waals surface area contributed by atoms with Gasteiger partial charge in [0.2, 0.25) is 0 Å². The number of hydrogen-bond donors (Lipinski definition) is 3. The number of fused-ring (bicyclic) bond motifs is 1. The molecule has 2 atom stereocenters. The van der Waals surface area contributed by atoms with Crippen LogP contribution in [0.1, 0.15) is 31.7 Å². The van der Waals surface area contributed by atoms with Crippen molar-refractivity contribution in [2.24, 2.45) is 0 Å². The van der Waals surface area contributed by atoms with Crippen LogP contribution < -0.4 is 26.4 Å². The highest BCUT2D eigenvalue weighted by Crippen LogP contribution is 2.29.